The summed E-state index contributed by atoms with van der Waals surface area (Å²) in [6.07, 6.45) is 0. The van der Waals surface area contributed by atoms with Crippen LogP contribution in [0, 0.1) is 0 Å². The Morgan fingerprint density at radius 3 is 1.50 bits per heavy atom. The molecule has 1 nitrogen and oxygen atoms in total. The van der Waals surface area contributed by atoms with Gasteiger partial charge >= 0.3 is 0 Å². The molecule has 0 bridgehead atoms. The molecule has 0 radical (unpaired) electrons. The number of halogens is 1. The van der Waals surface area contributed by atoms with Gasteiger partial charge in [-0.2, -0.15) is 0 Å². The number of hydrogen-bond donors (Lipinski definition) is 0. The molecular weight excluding hydrogens is 429 g/mol. The molecule has 0 saturated carbocycles. The molecule has 0 amide bonds. The molecule has 5 aromatic carbocycles. The van der Waals surface area contributed by atoms with Gasteiger partial charge in [0, 0.05) is 10.8 Å². The molecule has 0 aliphatic rings. The maximum atomic E-state index is 2.42. The third-order valence-electron chi connectivity index (χ3n) is 5.48. The number of fused-ring (bicyclic) bond motifs is 9. The lowest BCUT2D eigenvalue weighted by molar-refractivity contribution is 1.50. The first kappa shape index (κ1) is 14.6. The molecule has 0 atom stereocenters. The van der Waals surface area contributed by atoms with Crippen LogP contribution >= 0.6 is 22.9 Å². The molecule has 6 rings (SSSR count). The van der Waals surface area contributed by atoms with Crippen LogP contribution in [0.25, 0.3) is 54.1 Å². The monoisotopic (exact) mass is 443 g/mol. The van der Waals surface area contributed by atoms with Gasteiger partial charge in [-0.15, -0.1) is 0 Å². The van der Waals surface area contributed by atoms with Crippen molar-refractivity contribution in [2.24, 2.45) is 0 Å². The molecule has 2 heteroatoms. The van der Waals surface area contributed by atoms with Crippen LogP contribution in [-0.2, 0) is 0 Å². The zero-order valence-electron chi connectivity index (χ0n) is 13.9. The minimum absolute atomic E-state index is 1.27. The molecule has 1 heterocycles. The first-order valence-corrected chi connectivity index (χ1v) is 9.72. The fourth-order valence-corrected chi connectivity index (χ4v) is 5.14. The number of rotatable bonds is 0. The summed E-state index contributed by atoms with van der Waals surface area (Å²) in [4.78, 5) is 0. The molecule has 0 aliphatic carbocycles. The Morgan fingerprint density at radius 2 is 0.885 bits per heavy atom. The van der Waals surface area contributed by atoms with Crippen molar-refractivity contribution < 1.29 is 0 Å². The van der Waals surface area contributed by atoms with Crippen LogP contribution in [0.2, 0.25) is 0 Å². The van der Waals surface area contributed by atoms with Crippen molar-refractivity contribution >= 4 is 77.0 Å². The molecule has 0 saturated heterocycles. The minimum atomic E-state index is 1.27. The maximum absolute atomic E-state index is 2.42. The van der Waals surface area contributed by atoms with E-state index in [4.69, 9.17) is 0 Å². The van der Waals surface area contributed by atoms with Crippen LogP contribution in [0.5, 0.6) is 0 Å². The average Bonchev–Trinajstić information content (AvgIpc) is 2.99. The molecular formula is C24H14IN. The molecule has 122 valence electrons. The van der Waals surface area contributed by atoms with Gasteiger partial charge in [-0.05, 0) is 50.5 Å². The number of nitrogens with zero attached hydrogens (tertiary/aromatic N) is 1. The highest BCUT2D eigenvalue weighted by atomic mass is 127. The third kappa shape index (κ3) is 1.80. The predicted octanol–water partition coefficient (Wildman–Crippen LogP) is 7.45. The Bertz CT molecular complexity index is 1490. The lowest BCUT2D eigenvalue weighted by atomic mass is 9.93. The molecule has 0 fully saturated rings. The standard InChI is InChI=1S/C24H14IN/c25-26-23-12-6-5-11-19(23)22-13-20-17-9-3-1-7-15(17)16-8-2-4-10-18(16)21(20)14-24(22)26/h1-14H. The number of hydrogen-bond acceptors (Lipinski definition) is 0. The molecule has 0 unspecified atom stereocenters. The van der Waals surface area contributed by atoms with Gasteiger partial charge in [0.05, 0.1) is 33.9 Å². The topological polar surface area (TPSA) is 4.93 Å². The second-order valence-electron chi connectivity index (χ2n) is 6.80. The largest absolute Gasteiger partial charge is 0.282 e. The van der Waals surface area contributed by atoms with Crippen molar-refractivity contribution in [1.29, 1.82) is 0 Å². The van der Waals surface area contributed by atoms with E-state index in [1.165, 1.54) is 54.1 Å². The summed E-state index contributed by atoms with van der Waals surface area (Å²) < 4.78 is 2.28. The Kier molecular flexibility index (Phi) is 2.92. The lowest BCUT2D eigenvalue weighted by Crippen LogP contribution is -1.84. The fourth-order valence-electron chi connectivity index (χ4n) is 4.32. The summed E-state index contributed by atoms with van der Waals surface area (Å²) in [7, 11) is 0. The SMILES string of the molecule is In1c2ccccc2c2cc3c4ccccc4c4ccccc4c3cc21. The zero-order chi connectivity index (χ0) is 17.3. The molecule has 1 aromatic heterocycles. The van der Waals surface area contributed by atoms with E-state index in [-0.39, 0.29) is 0 Å². The van der Waals surface area contributed by atoms with E-state index in [0.717, 1.165) is 0 Å². The second kappa shape index (κ2) is 5.21. The molecule has 0 N–H and O–H groups in total. The van der Waals surface area contributed by atoms with Crippen molar-refractivity contribution in [3.05, 3.63) is 84.9 Å². The van der Waals surface area contributed by atoms with Crippen molar-refractivity contribution in [2.45, 2.75) is 0 Å². The van der Waals surface area contributed by atoms with Gasteiger partial charge < -0.3 is 0 Å². The Labute approximate surface area is 164 Å². The van der Waals surface area contributed by atoms with Crippen LogP contribution in [0.3, 0.4) is 0 Å². The second-order valence-corrected chi connectivity index (χ2v) is 7.77. The fraction of sp³-hybridized carbons (Fsp3) is 0. The summed E-state index contributed by atoms with van der Waals surface area (Å²) in [5.41, 5.74) is 2.55. The van der Waals surface area contributed by atoms with E-state index in [1.807, 2.05) is 0 Å². The highest BCUT2D eigenvalue weighted by Gasteiger charge is 2.13. The van der Waals surface area contributed by atoms with E-state index < -0.39 is 0 Å². The smallest absolute Gasteiger partial charge is 0.0646 e. The van der Waals surface area contributed by atoms with Crippen molar-refractivity contribution in [3.63, 3.8) is 0 Å². The Morgan fingerprint density at radius 1 is 0.423 bits per heavy atom. The highest BCUT2D eigenvalue weighted by Crippen LogP contribution is 2.40. The average molecular weight is 443 g/mol. The highest BCUT2D eigenvalue weighted by molar-refractivity contribution is 14.1. The van der Waals surface area contributed by atoms with Crippen molar-refractivity contribution in [3.8, 4) is 0 Å². The first-order chi connectivity index (χ1) is 12.8. The minimum Gasteiger partial charge on any atom is -0.282 e. The number of para-hydroxylation sites is 1. The van der Waals surface area contributed by atoms with Crippen LogP contribution < -0.4 is 0 Å². The van der Waals surface area contributed by atoms with Crippen LogP contribution in [0.15, 0.2) is 84.9 Å². The summed E-state index contributed by atoms with van der Waals surface area (Å²) in [5.74, 6) is 0. The molecule has 6 aromatic rings. The molecule has 0 aliphatic heterocycles. The van der Waals surface area contributed by atoms with E-state index >= 15 is 0 Å². The van der Waals surface area contributed by atoms with E-state index in [1.54, 1.807) is 0 Å². The zero-order valence-corrected chi connectivity index (χ0v) is 16.1. The quantitative estimate of drug-likeness (QED) is 0.170. The van der Waals surface area contributed by atoms with Gasteiger partial charge in [-0.3, -0.25) is 2.78 Å². The maximum Gasteiger partial charge on any atom is 0.0646 e. The van der Waals surface area contributed by atoms with Gasteiger partial charge in [-0.1, -0.05) is 66.7 Å². The van der Waals surface area contributed by atoms with Gasteiger partial charge in [0.15, 0.2) is 0 Å². The van der Waals surface area contributed by atoms with Gasteiger partial charge in [0.2, 0.25) is 0 Å². The summed E-state index contributed by atoms with van der Waals surface area (Å²) >= 11 is 2.42. The molecule has 0 spiro atoms. The molecule has 26 heavy (non-hydrogen) atoms. The summed E-state index contributed by atoms with van der Waals surface area (Å²) in [6, 6.07) is 30.9. The van der Waals surface area contributed by atoms with Crippen molar-refractivity contribution in [2.75, 3.05) is 0 Å². The van der Waals surface area contributed by atoms with Crippen LogP contribution in [0.4, 0.5) is 0 Å². The summed E-state index contributed by atoms with van der Waals surface area (Å²) in [6.45, 7) is 0. The predicted molar refractivity (Wildman–Crippen MR) is 121 cm³/mol. The van der Waals surface area contributed by atoms with Gasteiger partial charge in [-0.25, -0.2) is 0 Å². The normalized spacial score (nSPS) is 12.0. The van der Waals surface area contributed by atoms with E-state index in [2.05, 4.69) is 111 Å². The van der Waals surface area contributed by atoms with Crippen molar-refractivity contribution in [1.82, 2.24) is 2.78 Å². The van der Waals surface area contributed by atoms with E-state index in [0.29, 0.717) is 0 Å². The van der Waals surface area contributed by atoms with E-state index in [9.17, 15) is 0 Å². The Balaban J connectivity index is 1.98. The first-order valence-electron chi connectivity index (χ1n) is 8.75. The van der Waals surface area contributed by atoms with Gasteiger partial charge in [0.25, 0.3) is 0 Å². The van der Waals surface area contributed by atoms with Crippen LogP contribution in [-0.4, -0.2) is 2.78 Å². The number of aromatic nitrogens is 1. The number of benzene rings is 5. The third-order valence-corrected chi connectivity index (χ3v) is 6.52. The lowest BCUT2D eigenvalue weighted by Gasteiger charge is -2.11. The van der Waals surface area contributed by atoms with Gasteiger partial charge in [0.1, 0.15) is 0 Å². The Hall–Kier alpha value is -2.59. The summed E-state index contributed by atoms with van der Waals surface area (Å²) in [5, 5.41) is 10.6. The van der Waals surface area contributed by atoms with Crippen LogP contribution in [0.1, 0.15) is 0 Å².